The zero-order valence-electron chi connectivity index (χ0n) is 25.1. The van der Waals surface area contributed by atoms with Crippen LogP contribution in [-0.4, -0.2) is 78.0 Å². The first kappa shape index (κ1) is 27.9. The number of benzene rings is 1. The predicted octanol–water partition coefficient (Wildman–Crippen LogP) is 4.02. The van der Waals surface area contributed by atoms with E-state index in [9.17, 15) is 9.90 Å². The predicted molar refractivity (Wildman–Crippen MR) is 168 cm³/mol. The molecular formula is C33H40N8O2. The third-order valence-electron chi connectivity index (χ3n) is 9.69. The second-order valence-corrected chi connectivity index (χ2v) is 12.8. The van der Waals surface area contributed by atoms with E-state index in [-0.39, 0.29) is 12.1 Å². The van der Waals surface area contributed by atoms with Gasteiger partial charge >= 0.3 is 0 Å². The molecule has 224 valence electrons. The minimum absolute atomic E-state index is 0.232. The molecule has 8 rings (SSSR count). The number of aromatic nitrogens is 5. The lowest BCUT2D eigenvalue weighted by atomic mass is 9.69. The number of piperidine rings is 4. The number of aliphatic hydroxyl groups is 1. The molecule has 0 spiro atoms. The Morgan fingerprint density at radius 3 is 2.53 bits per heavy atom. The number of likely N-dealkylation sites (tertiary alicyclic amines) is 1. The molecule has 2 N–H and O–H groups in total. The van der Waals surface area contributed by atoms with Crippen molar-refractivity contribution >= 4 is 22.7 Å². The number of rotatable bonds is 7. The summed E-state index contributed by atoms with van der Waals surface area (Å²) in [5, 5.41) is 14.3. The first-order valence-electron chi connectivity index (χ1n) is 15.3. The standard InChI is InChI=1S/C33H40N8O2/c1-5-16-40-31(42)25-20-34-32(37-30(25)41(40)27-8-6-7-26(36-27)33(2,3)43)35-23-11-9-21(10-12-23)24-15-17-38(4)28-22-13-18-39(19-14-22)29(24)28/h5-12,20,22,24,28-29,43H,1,13-19H2,2-4H3,(H,34,35,37). The van der Waals surface area contributed by atoms with E-state index in [2.05, 4.69) is 63.0 Å². The molecule has 4 fully saturated rings. The number of fused-ring (bicyclic) bond motifs is 3. The van der Waals surface area contributed by atoms with Crippen LogP contribution in [0.25, 0.3) is 16.9 Å². The molecule has 2 bridgehead atoms. The number of likely N-dealkylation sites (N-methyl/N-ethyl adjacent to an activating group) is 1. The topological polar surface area (TPSA) is 104 Å². The molecule has 4 aromatic rings. The van der Waals surface area contributed by atoms with Crippen molar-refractivity contribution in [3.8, 4) is 5.82 Å². The van der Waals surface area contributed by atoms with Crippen LogP contribution in [-0.2, 0) is 12.1 Å². The fourth-order valence-corrected chi connectivity index (χ4v) is 7.63. The van der Waals surface area contributed by atoms with Crippen LogP contribution < -0.4 is 10.9 Å². The molecule has 10 heteroatoms. The summed E-state index contributed by atoms with van der Waals surface area (Å²) < 4.78 is 3.21. The number of anilines is 2. The van der Waals surface area contributed by atoms with Crippen LogP contribution in [0.15, 0.2) is 66.1 Å². The second-order valence-electron chi connectivity index (χ2n) is 12.8. The van der Waals surface area contributed by atoms with Crippen molar-refractivity contribution in [3.63, 3.8) is 0 Å². The summed E-state index contributed by atoms with van der Waals surface area (Å²) in [6.45, 7) is 11.1. The highest BCUT2D eigenvalue weighted by Gasteiger charge is 2.49. The van der Waals surface area contributed by atoms with E-state index < -0.39 is 5.60 Å². The highest BCUT2D eigenvalue weighted by atomic mass is 16.3. The molecule has 3 unspecified atom stereocenters. The average Bonchev–Trinajstić information content (AvgIpc) is 3.28. The minimum atomic E-state index is -1.14. The summed E-state index contributed by atoms with van der Waals surface area (Å²) in [7, 11) is 2.31. The monoisotopic (exact) mass is 580 g/mol. The lowest BCUT2D eigenvalue weighted by molar-refractivity contribution is -0.0684. The number of hydrogen-bond donors (Lipinski definition) is 2. The molecular weight excluding hydrogens is 540 g/mol. The minimum Gasteiger partial charge on any atom is -0.384 e. The molecule has 4 saturated heterocycles. The van der Waals surface area contributed by atoms with Gasteiger partial charge in [-0.15, -0.1) is 6.58 Å². The highest BCUT2D eigenvalue weighted by molar-refractivity contribution is 5.77. The Morgan fingerprint density at radius 2 is 1.81 bits per heavy atom. The Kier molecular flexibility index (Phi) is 6.95. The van der Waals surface area contributed by atoms with Crippen molar-refractivity contribution in [2.45, 2.75) is 63.3 Å². The molecule has 0 aliphatic carbocycles. The molecule has 1 aromatic carbocycles. The quantitative estimate of drug-likeness (QED) is 0.316. The van der Waals surface area contributed by atoms with Gasteiger partial charge in [-0.1, -0.05) is 24.3 Å². The molecule has 7 heterocycles. The van der Waals surface area contributed by atoms with Crippen molar-refractivity contribution in [2.75, 3.05) is 32.0 Å². The summed E-state index contributed by atoms with van der Waals surface area (Å²) in [6, 6.07) is 15.3. The maximum Gasteiger partial charge on any atom is 0.278 e. The van der Waals surface area contributed by atoms with Crippen LogP contribution in [0.4, 0.5) is 11.6 Å². The van der Waals surface area contributed by atoms with Gasteiger partial charge in [0.05, 0.1) is 12.2 Å². The van der Waals surface area contributed by atoms with E-state index in [4.69, 9.17) is 4.98 Å². The maximum absolute atomic E-state index is 13.3. The van der Waals surface area contributed by atoms with Crippen LogP contribution in [0.3, 0.4) is 0 Å². The third-order valence-corrected chi connectivity index (χ3v) is 9.69. The van der Waals surface area contributed by atoms with Gasteiger partial charge in [0, 0.05) is 29.9 Å². The van der Waals surface area contributed by atoms with Gasteiger partial charge in [0.25, 0.3) is 5.56 Å². The number of nitrogens with one attached hydrogen (secondary N) is 1. The van der Waals surface area contributed by atoms with Gasteiger partial charge in [0.15, 0.2) is 11.5 Å². The fourth-order valence-electron chi connectivity index (χ4n) is 7.63. The molecule has 0 amide bonds. The smallest absolute Gasteiger partial charge is 0.278 e. The third kappa shape index (κ3) is 4.87. The van der Waals surface area contributed by atoms with Gasteiger partial charge in [-0.05, 0) is 95.5 Å². The fraction of sp³-hybridized carbons (Fsp3) is 0.455. The van der Waals surface area contributed by atoms with Crippen LogP contribution in [0, 0.1) is 5.92 Å². The Hall–Kier alpha value is -3.86. The van der Waals surface area contributed by atoms with Crippen LogP contribution in [0.1, 0.15) is 50.3 Å². The molecule has 0 saturated carbocycles. The van der Waals surface area contributed by atoms with E-state index >= 15 is 0 Å². The largest absolute Gasteiger partial charge is 0.384 e. The molecule has 43 heavy (non-hydrogen) atoms. The molecule has 10 nitrogen and oxygen atoms in total. The number of hydrogen-bond acceptors (Lipinski definition) is 8. The molecule has 4 aliphatic rings. The zero-order valence-corrected chi connectivity index (χ0v) is 25.1. The lowest BCUT2D eigenvalue weighted by Crippen LogP contribution is -2.67. The van der Waals surface area contributed by atoms with Crippen molar-refractivity contribution in [3.05, 3.63) is 82.9 Å². The normalized spacial score (nSPS) is 25.5. The van der Waals surface area contributed by atoms with E-state index in [0.29, 0.717) is 46.5 Å². The van der Waals surface area contributed by atoms with Crippen LogP contribution in [0.5, 0.6) is 0 Å². The first-order valence-corrected chi connectivity index (χ1v) is 15.3. The summed E-state index contributed by atoms with van der Waals surface area (Å²) in [5.74, 6) is 2.23. The lowest BCUT2D eigenvalue weighted by Gasteiger charge is -2.59. The number of nitrogens with zero attached hydrogens (tertiary/aromatic N) is 7. The van der Waals surface area contributed by atoms with Crippen LogP contribution in [0.2, 0.25) is 0 Å². The summed E-state index contributed by atoms with van der Waals surface area (Å²) >= 11 is 0. The van der Waals surface area contributed by atoms with Crippen molar-refractivity contribution < 1.29 is 5.11 Å². The van der Waals surface area contributed by atoms with Gasteiger partial charge in [-0.3, -0.25) is 9.69 Å². The molecule has 4 aliphatic heterocycles. The SMILES string of the molecule is C=CCn1c(=O)c2cnc(Nc3ccc(C4CCN(C)C5C6CCN(CC6)C45)cc3)nc2n1-c1cccc(C(C)(C)O)n1. The summed E-state index contributed by atoms with van der Waals surface area (Å²) in [5.41, 5.74) is 1.83. The van der Waals surface area contributed by atoms with Crippen molar-refractivity contribution in [1.82, 2.24) is 34.1 Å². The van der Waals surface area contributed by atoms with Gasteiger partial charge in [0.1, 0.15) is 11.0 Å². The van der Waals surface area contributed by atoms with Gasteiger partial charge in [-0.2, -0.15) is 4.98 Å². The Labute approximate surface area is 251 Å². The van der Waals surface area contributed by atoms with Gasteiger partial charge in [0.2, 0.25) is 5.95 Å². The van der Waals surface area contributed by atoms with E-state index in [0.717, 1.165) is 18.2 Å². The van der Waals surface area contributed by atoms with E-state index in [1.165, 1.54) is 42.6 Å². The van der Waals surface area contributed by atoms with E-state index in [1.54, 1.807) is 42.9 Å². The Balaban J connectivity index is 1.19. The summed E-state index contributed by atoms with van der Waals surface area (Å²) in [4.78, 5) is 32.6. The van der Waals surface area contributed by atoms with Crippen LogP contribution >= 0.6 is 0 Å². The van der Waals surface area contributed by atoms with Gasteiger partial charge < -0.3 is 15.3 Å². The zero-order chi connectivity index (χ0) is 29.9. The number of allylic oxidation sites excluding steroid dienone is 1. The Bertz CT molecular complexity index is 1710. The maximum atomic E-state index is 13.3. The first-order chi connectivity index (χ1) is 20.7. The van der Waals surface area contributed by atoms with Gasteiger partial charge in [-0.25, -0.2) is 19.3 Å². The Morgan fingerprint density at radius 1 is 1.05 bits per heavy atom. The van der Waals surface area contributed by atoms with Crippen molar-refractivity contribution in [2.24, 2.45) is 5.92 Å². The second kappa shape index (κ2) is 10.7. The number of pyridine rings is 1. The van der Waals surface area contributed by atoms with E-state index in [1.807, 2.05) is 6.07 Å². The average molecular weight is 581 g/mol. The van der Waals surface area contributed by atoms with Crippen molar-refractivity contribution in [1.29, 1.82) is 0 Å². The highest BCUT2D eigenvalue weighted by Crippen LogP contribution is 2.45. The summed E-state index contributed by atoms with van der Waals surface area (Å²) in [6.07, 6.45) is 7.05. The molecule has 3 aromatic heterocycles. The molecule has 0 radical (unpaired) electrons. The molecule has 3 atom stereocenters.